The van der Waals surface area contributed by atoms with Crippen LogP contribution in [0.15, 0.2) is 58.7 Å². The van der Waals surface area contributed by atoms with Gasteiger partial charge in [-0.3, -0.25) is 5.32 Å². The van der Waals surface area contributed by atoms with Crippen LogP contribution in [0.3, 0.4) is 0 Å². The van der Waals surface area contributed by atoms with Crippen molar-refractivity contribution < 1.29 is 4.57 Å². The van der Waals surface area contributed by atoms with E-state index in [0.717, 1.165) is 41.9 Å². The zero-order chi connectivity index (χ0) is 21.0. The summed E-state index contributed by atoms with van der Waals surface area (Å²) in [6.07, 6.45) is 10.7. The van der Waals surface area contributed by atoms with E-state index >= 15 is 0 Å². The Kier molecular flexibility index (Phi) is 5.61. The van der Waals surface area contributed by atoms with E-state index in [4.69, 9.17) is 0 Å². The molecular formula is C23H22N5OP+2. The molecule has 0 spiro atoms. The number of rotatable bonds is 4. The highest BCUT2D eigenvalue weighted by molar-refractivity contribution is 7.70. The third-order valence-electron chi connectivity index (χ3n) is 4.65. The molecule has 2 heterocycles. The number of hydrogen-bond acceptors (Lipinski definition) is 6. The Labute approximate surface area is 177 Å². The lowest BCUT2D eigenvalue weighted by Gasteiger charge is -2.19. The van der Waals surface area contributed by atoms with E-state index < -0.39 is 7.14 Å². The molecule has 7 heteroatoms. The molecule has 30 heavy (non-hydrogen) atoms. The number of nitrogens with one attached hydrogen (secondary N) is 2. The molecule has 0 aliphatic carbocycles. The highest BCUT2D eigenvalue weighted by Crippen LogP contribution is 2.37. The summed E-state index contributed by atoms with van der Waals surface area (Å²) in [5, 5.41) is 7.12. The molecule has 4 rings (SSSR count). The van der Waals surface area contributed by atoms with Crippen molar-refractivity contribution in [2.24, 2.45) is 9.98 Å². The van der Waals surface area contributed by atoms with Gasteiger partial charge in [0.05, 0.1) is 30.2 Å². The van der Waals surface area contributed by atoms with E-state index in [-0.39, 0.29) is 0 Å². The van der Waals surface area contributed by atoms with Crippen molar-refractivity contribution in [3.05, 3.63) is 73.0 Å². The lowest BCUT2D eigenvalue weighted by atomic mass is 10.2. The zero-order valence-corrected chi connectivity index (χ0v) is 17.8. The molecule has 0 unspecified atom stereocenters. The second-order valence-corrected chi connectivity index (χ2v) is 10.5. The first-order chi connectivity index (χ1) is 14.5. The van der Waals surface area contributed by atoms with E-state index in [1.165, 1.54) is 0 Å². The van der Waals surface area contributed by atoms with Gasteiger partial charge in [-0.15, -0.1) is 4.99 Å². The van der Waals surface area contributed by atoms with Gasteiger partial charge in [0.2, 0.25) is 12.0 Å². The molecule has 0 radical (unpaired) electrons. The Balaban J connectivity index is 1.45. The van der Waals surface area contributed by atoms with Crippen LogP contribution in [0.5, 0.6) is 0 Å². The van der Waals surface area contributed by atoms with E-state index in [9.17, 15) is 4.57 Å². The van der Waals surface area contributed by atoms with Crippen LogP contribution in [0.1, 0.15) is 6.42 Å². The molecule has 6 nitrogen and oxygen atoms in total. The topological polar surface area (TPSA) is 69.1 Å². The number of benzene rings is 1. The number of hydrogen-bond donors (Lipinski definition) is 2. The molecule has 2 aliphatic rings. The highest BCUT2D eigenvalue weighted by atomic mass is 31.2. The predicted octanol–water partition coefficient (Wildman–Crippen LogP) is 3.71. The van der Waals surface area contributed by atoms with Crippen LogP contribution in [0.2, 0.25) is 0 Å². The smallest absolute Gasteiger partial charge is 0.351 e. The largest absolute Gasteiger partial charge is 0.391 e. The number of aliphatic imine (C=N–C) groups is 2. The molecule has 2 aromatic carbocycles. The van der Waals surface area contributed by atoms with E-state index in [1.807, 2.05) is 42.5 Å². The monoisotopic (exact) mass is 415 g/mol. The van der Waals surface area contributed by atoms with Gasteiger partial charge in [-0.2, -0.15) is 4.99 Å². The van der Waals surface area contributed by atoms with Crippen molar-refractivity contribution in [3.63, 3.8) is 0 Å². The van der Waals surface area contributed by atoms with Crippen molar-refractivity contribution in [3.8, 4) is 0 Å². The van der Waals surface area contributed by atoms with Crippen LogP contribution in [-0.2, 0) is 4.57 Å². The molecule has 0 aromatic heterocycles. The summed E-state index contributed by atoms with van der Waals surface area (Å²) >= 11 is 0. The van der Waals surface area contributed by atoms with Gasteiger partial charge in [0.15, 0.2) is 12.5 Å². The molecule has 2 N–H and O–H groups in total. The van der Waals surface area contributed by atoms with Crippen molar-refractivity contribution in [2.75, 3.05) is 42.0 Å². The van der Waals surface area contributed by atoms with Gasteiger partial charge in [-0.05, 0) is 49.7 Å². The summed E-state index contributed by atoms with van der Waals surface area (Å²) in [5.74, 6) is 0.906. The number of anilines is 3. The Morgan fingerprint density at radius 2 is 2.00 bits per heavy atom. The first kappa shape index (κ1) is 19.8. The molecule has 0 saturated heterocycles. The second-order valence-electron chi connectivity index (χ2n) is 7.29. The maximum absolute atomic E-state index is 12.6. The van der Waals surface area contributed by atoms with Gasteiger partial charge < -0.3 is 14.8 Å². The van der Waals surface area contributed by atoms with Crippen LogP contribution in [0, 0.1) is 24.3 Å². The van der Waals surface area contributed by atoms with E-state index in [0.29, 0.717) is 11.8 Å². The van der Waals surface area contributed by atoms with Crippen molar-refractivity contribution in [1.82, 2.24) is 0 Å². The normalized spacial score (nSPS) is 15.3. The van der Waals surface area contributed by atoms with Gasteiger partial charge in [0.1, 0.15) is 7.14 Å². The fourth-order valence-electron chi connectivity index (χ4n) is 3.16. The molecule has 0 atom stereocenters. The fourth-order valence-corrected chi connectivity index (χ4v) is 4.32. The molecule has 0 fully saturated rings. The Morgan fingerprint density at radius 3 is 2.73 bits per heavy atom. The lowest BCUT2D eigenvalue weighted by molar-refractivity contribution is 0.588. The standard InChI is InChI=1S/C23H22N5OP/c1-30(2,29)21-9-5-4-8-20(21)26-22-14-15-24-23(27-22)25-18-10-12-19(13-11-18)28-16-6-3-7-17-28/h4-6,8-10,12,15H,7,16-17H2,1-2H3,(H2,24,25,26,27)/q+2. The van der Waals surface area contributed by atoms with Gasteiger partial charge in [0.25, 0.3) is 6.20 Å². The van der Waals surface area contributed by atoms with Gasteiger partial charge in [0, 0.05) is 5.30 Å². The maximum atomic E-state index is 12.6. The Morgan fingerprint density at radius 1 is 1.13 bits per heavy atom. The first-order valence-electron chi connectivity index (χ1n) is 9.66. The average Bonchev–Trinajstić information content (AvgIpc) is 2.75. The van der Waals surface area contributed by atoms with Crippen molar-refractivity contribution >= 4 is 41.3 Å². The Bertz CT molecular complexity index is 1080. The lowest BCUT2D eigenvalue weighted by Crippen LogP contribution is -2.26. The quantitative estimate of drug-likeness (QED) is 0.590. The van der Waals surface area contributed by atoms with Gasteiger partial charge >= 0.3 is 11.9 Å². The minimum absolute atomic E-state index is 0.415. The van der Waals surface area contributed by atoms with Crippen LogP contribution in [0.4, 0.5) is 17.1 Å². The third-order valence-corrected chi connectivity index (χ3v) is 6.20. The number of amidine groups is 1. The summed E-state index contributed by atoms with van der Waals surface area (Å²) in [6.45, 7) is 5.27. The third kappa shape index (κ3) is 4.74. The van der Waals surface area contributed by atoms with E-state index in [1.54, 1.807) is 19.5 Å². The second kappa shape index (κ2) is 8.49. The molecule has 0 bridgehead atoms. The average molecular weight is 415 g/mol. The summed E-state index contributed by atoms with van der Waals surface area (Å²) in [7, 11) is -2.43. The van der Waals surface area contributed by atoms with E-state index in [2.05, 4.69) is 49.8 Å². The number of nitrogens with zero attached hydrogens (tertiary/aromatic N) is 3. The minimum atomic E-state index is -2.43. The van der Waals surface area contributed by atoms with Crippen molar-refractivity contribution in [2.45, 2.75) is 6.42 Å². The number of para-hydroxylation sites is 1. The fraction of sp³-hybridized carbons (Fsp3) is 0.217. The van der Waals surface area contributed by atoms with Crippen LogP contribution in [0.25, 0.3) is 0 Å². The summed E-state index contributed by atoms with van der Waals surface area (Å²) in [6, 6.07) is 17.8. The van der Waals surface area contributed by atoms with Gasteiger partial charge in [-0.25, -0.2) is 0 Å². The molecular weight excluding hydrogens is 393 g/mol. The minimum Gasteiger partial charge on any atom is -0.351 e. The summed E-state index contributed by atoms with van der Waals surface area (Å²) < 4.78 is 12.6. The number of guanidine groups is 1. The van der Waals surface area contributed by atoms with Gasteiger partial charge in [-0.1, -0.05) is 12.1 Å². The van der Waals surface area contributed by atoms with Crippen LogP contribution in [-0.4, -0.2) is 38.2 Å². The molecule has 2 aromatic rings. The van der Waals surface area contributed by atoms with Crippen molar-refractivity contribution in [1.29, 1.82) is 0 Å². The zero-order valence-electron chi connectivity index (χ0n) is 16.9. The molecule has 148 valence electrons. The highest BCUT2D eigenvalue weighted by Gasteiger charge is 2.22. The van der Waals surface area contributed by atoms with Crippen LogP contribution >= 0.6 is 7.14 Å². The predicted molar refractivity (Wildman–Crippen MR) is 124 cm³/mol. The first-order valence-corrected chi connectivity index (χ1v) is 12.3. The SMILES string of the molecule is CP(C)(=O)c1ccccc1NC1=NC(Nc2c#cc(N3CC=[C+]CC3)cc2)=NC=[C+]1. The summed E-state index contributed by atoms with van der Waals surface area (Å²) in [4.78, 5) is 10.9. The maximum Gasteiger partial charge on any atom is 0.391 e. The van der Waals surface area contributed by atoms with Crippen LogP contribution < -0.4 is 20.8 Å². The molecule has 0 amide bonds. The molecule has 0 saturated carbocycles. The summed E-state index contributed by atoms with van der Waals surface area (Å²) in [5.41, 5.74) is 2.48. The molecule has 2 aliphatic heterocycles. The Hall–Kier alpha value is -3.47.